The first kappa shape index (κ1) is 10.9. The van der Waals surface area contributed by atoms with Crippen LogP contribution >= 0.6 is 0 Å². The van der Waals surface area contributed by atoms with E-state index in [0.717, 1.165) is 24.8 Å². The van der Waals surface area contributed by atoms with Crippen LogP contribution in [-0.4, -0.2) is 35.6 Å². The first-order valence-corrected chi connectivity index (χ1v) is 6.20. The van der Waals surface area contributed by atoms with Crippen molar-refractivity contribution in [3.8, 4) is 0 Å². The summed E-state index contributed by atoms with van der Waals surface area (Å²) in [6, 6.07) is 0. The Morgan fingerprint density at radius 3 is 2.33 bits per heavy atom. The van der Waals surface area contributed by atoms with Gasteiger partial charge in [-0.25, -0.2) is 0 Å². The Balaban J connectivity index is 1.69. The molecule has 3 heteroatoms. The molecule has 0 aromatic carbocycles. The van der Waals surface area contributed by atoms with Gasteiger partial charge in [0.05, 0.1) is 0 Å². The zero-order chi connectivity index (χ0) is 10.7. The standard InChI is InChI=1S/C12H21NO2/c14-12(15)6-3-7-13-8-10-4-1-2-5-11(10)9-13/h10-11H,1-9H2,(H,14,15)/t10-,11-/m0/s1. The molecule has 1 aliphatic heterocycles. The van der Waals surface area contributed by atoms with Gasteiger partial charge in [0.15, 0.2) is 0 Å². The van der Waals surface area contributed by atoms with Gasteiger partial charge < -0.3 is 10.0 Å². The maximum Gasteiger partial charge on any atom is 0.303 e. The molecule has 2 fully saturated rings. The molecule has 1 saturated carbocycles. The number of nitrogens with zero attached hydrogens (tertiary/aromatic N) is 1. The van der Waals surface area contributed by atoms with Gasteiger partial charge in [-0.3, -0.25) is 4.79 Å². The van der Waals surface area contributed by atoms with Crippen LogP contribution in [0.2, 0.25) is 0 Å². The quantitative estimate of drug-likeness (QED) is 0.773. The van der Waals surface area contributed by atoms with Gasteiger partial charge in [0, 0.05) is 19.5 Å². The third kappa shape index (κ3) is 2.94. The van der Waals surface area contributed by atoms with Crippen molar-refractivity contribution in [3.05, 3.63) is 0 Å². The molecule has 0 bridgehead atoms. The van der Waals surface area contributed by atoms with Crippen molar-refractivity contribution in [3.63, 3.8) is 0 Å². The van der Waals surface area contributed by atoms with Crippen LogP contribution in [-0.2, 0) is 4.79 Å². The van der Waals surface area contributed by atoms with Crippen LogP contribution in [0.1, 0.15) is 38.5 Å². The highest BCUT2D eigenvalue weighted by Gasteiger charge is 2.33. The molecule has 1 aliphatic carbocycles. The Morgan fingerprint density at radius 1 is 1.20 bits per heavy atom. The minimum absolute atomic E-state index is 0.325. The smallest absolute Gasteiger partial charge is 0.303 e. The van der Waals surface area contributed by atoms with Gasteiger partial charge in [0.2, 0.25) is 0 Å². The van der Waals surface area contributed by atoms with Gasteiger partial charge in [0.25, 0.3) is 0 Å². The summed E-state index contributed by atoms with van der Waals surface area (Å²) < 4.78 is 0. The lowest BCUT2D eigenvalue weighted by molar-refractivity contribution is -0.137. The van der Waals surface area contributed by atoms with E-state index in [0.29, 0.717) is 6.42 Å². The monoisotopic (exact) mass is 211 g/mol. The summed E-state index contributed by atoms with van der Waals surface area (Å²) in [5, 5.41) is 8.58. The molecular formula is C12H21NO2. The Bertz CT molecular complexity index is 216. The maximum atomic E-state index is 10.4. The first-order valence-electron chi connectivity index (χ1n) is 6.20. The highest BCUT2D eigenvalue weighted by molar-refractivity contribution is 5.66. The second-order valence-electron chi connectivity index (χ2n) is 5.06. The van der Waals surface area contributed by atoms with Crippen LogP contribution in [0.3, 0.4) is 0 Å². The fraction of sp³-hybridized carbons (Fsp3) is 0.917. The van der Waals surface area contributed by atoms with E-state index < -0.39 is 5.97 Å². The first-order chi connectivity index (χ1) is 7.25. The third-order valence-corrected chi connectivity index (χ3v) is 3.92. The fourth-order valence-electron chi connectivity index (χ4n) is 3.14. The molecule has 0 unspecified atom stereocenters. The number of aliphatic carboxylic acids is 1. The number of hydrogen-bond donors (Lipinski definition) is 1. The summed E-state index contributed by atoms with van der Waals surface area (Å²) >= 11 is 0. The van der Waals surface area contributed by atoms with E-state index in [1.807, 2.05) is 0 Å². The van der Waals surface area contributed by atoms with Gasteiger partial charge in [0.1, 0.15) is 0 Å². The van der Waals surface area contributed by atoms with Crippen LogP contribution in [0, 0.1) is 11.8 Å². The minimum Gasteiger partial charge on any atom is -0.481 e. The van der Waals surface area contributed by atoms with E-state index in [1.165, 1.54) is 38.8 Å². The van der Waals surface area contributed by atoms with Gasteiger partial charge in [-0.2, -0.15) is 0 Å². The van der Waals surface area contributed by atoms with Crippen molar-refractivity contribution >= 4 is 5.97 Å². The molecule has 2 rings (SSSR count). The molecule has 3 nitrogen and oxygen atoms in total. The summed E-state index contributed by atoms with van der Waals surface area (Å²) in [7, 11) is 0. The van der Waals surface area contributed by atoms with E-state index in [1.54, 1.807) is 0 Å². The average molecular weight is 211 g/mol. The van der Waals surface area contributed by atoms with Crippen molar-refractivity contribution in [2.75, 3.05) is 19.6 Å². The largest absolute Gasteiger partial charge is 0.481 e. The van der Waals surface area contributed by atoms with Crippen molar-refractivity contribution in [2.45, 2.75) is 38.5 Å². The van der Waals surface area contributed by atoms with E-state index in [2.05, 4.69) is 4.90 Å². The molecule has 2 aliphatic rings. The van der Waals surface area contributed by atoms with Crippen molar-refractivity contribution in [2.24, 2.45) is 11.8 Å². The Morgan fingerprint density at radius 2 is 1.80 bits per heavy atom. The molecule has 1 heterocycles. The van der Waals surface area contributed by atoms with Gasteiger partial charge >= 0.3 is 5.97 Å². The van der Waals surface area contributed by atoms with Crippen molar-refractivity contribution in [1.29, 1.82) is 0 Å². The molecule has 0 amide bonds. The lowest BCUT2D eigenvalue weighted by atomic mass is 9.82. The topological polar surface area (TPSA) is 40.5 Å². The normalized spacial score (nSPS) is 31.5. The molecule has 1 saturated heterocycles. The minimum atomic E-state index is -0.661. The fourth-order valence-corrected chi connectivity index (χ4v) is 3.14. The summed E-state index contributed by atoms with van der Waals surface area (Å²) in [6.45, 7) is 3.44. The van der Waals surface area contributed by atoms with E-state index >= 15 is 0 Å². The van der Waals surface area contributed by atoms with Crippen LogP contribution in [0.25, 0.3) is 0 Å². The van der Waals surface area contributed by atoms with Crippen LogP contribution in [0.5, 0.6) is 0 Å². The Labute approximate surface area is 91.5 Å². The molecule has 1 N–H and O–H groups in total. The molecule has 0 spiro atoms. The molecule has 0 aromatic rings. The number of likely N-dealkylation sites (tertiary alicyclic amines) is 1. The summed E-state index contributed by atoms with van der Waals surface area (Å²) in [5.74, 6) is 1.18. The molecule has 15 heavy (non-hydrogen) atoms. The zero-order valence-corrected chi connectivity index (χ0v) is 9.32. The lowest BCUT2D eigenvalue weighted by Crippen LogP contribution is -2.22. The number of carboxylic acids is 1. The van der Waals surface area contributed by atoms with Crippen molar-refractivity contribution < 1.29 is 9.90 Å². The van der Waals surface area contributed by atoms with Gasteiger partial charge in [-0.1, -0.05) is 12.8 Å². The predicted molar refractivity (Wildman–Crippen MR) is 58.8 cm³/mol. The van der Waals surface area contributed by atoms with Gasteiger partial charge in [-0.05, 0) is 37.6 Å². The molecule has 0 aromatic heterocycles. The highest BCUT2D eigenvalue weighted by atomic mass is 16.4. The number of carbonyl (C=O) groups is 1. The van der Waals surface area contributed by atoms with Crippen LogP contribution < -0.4 is 0 Å². The Kier molecular flexibility index (Phi) is 3.62. The van der Waals surface area contributed by atoms with Crippen LogP contribution in [0.15, 0.2) is 0 Å². The molecule has 86 valence electrons. The summed E-state index contributed by atoms with van der Waals surface area (Å²) in [5.41, 5.74) is 0. The van der Waals surface area contributed by atoms with Gasteiger partial charge in [-0.15, -0.1) is 0 Å². The van der Waals surface area contributed by atoms with Crippen LogP contribution in [0.4, 0.5) is 0 Å². The second-order valence-corrected chi connectivity index (χ2v) is 5.06. The highest BCUT2D eigenvalue weighted by Crippen LogP contribution is 2.35. The van der Waals surface area contributed by atoms with E-state index in [9.17, 15) is 4.79 Å². The number of fused-ring (bicyclic) bond motifs is 1. The number of carboxylic acid groups (broad SMARTS) is 1. The zero-order valence-electron chi connectivity index (χ0n) is 9.32. The molecule has 2 atom stereocenters. The van der Waals surface area contributed by atoms with E-state index in [4.69, 9.17) is 5.11 Å². The maximum absolute atomic E-state index is 10.4. The Hall–Kier alpha value is -0.570. The molecule has 0 radical (unpaired) electrons. The number of rotatable bonds is 4. The SMILES string of the molecule is O=C(O)CCCN1C[C@@H]2CCCC[C@H]2C1. The van der Waals surface area contributed by atoms with Crippen molar-refractivity contribution in [1.82, 2.24) is 4.90 Å². The lowest BCUT2D eigenvalue weighted by Gasteiger charge is -2.23. The average Bonchev–Trinajstić information content (AvgIpc) is 2.59. The second kappa shape index (κ2) is 4.97. The predicted octanol–water partition coefficient (Wildman–Crippen LogP) is 1.97. The number of hydrogen-bond acceptors (Lipinski definition) is 2. The third-order valence-electron chi connectivity index (χ3n) is 3.92. The molecular weight excluding hydrogens is 190 g/mol. The summed E-state index contributed by atoms with van der Waals surface area (Å²) in [6.07, 6.45) is 6.76. The van der Waals surface area contributed by atoms with E-state index in [-0.39, 0.29) is 0 Å². The summed E-state index contributed by atoms with van der Waals surface area (Å²) in [4.78, 5) is 12.9.